The van der Waals surface area contributed by atoms with Crippen molar-refractivity contribution in [1.82, 2.24) is 15.2 Å². The lowest BCUT2D eigenvalue weighted by molar-refractivity contribution is 0.0946. The summed E-state index contributed by atoms with van der Waals surface area (Å²) in [5.41, 5.74) is 11.7. The molecule has 3 N–H and O–H groups in total. The standard InChI is InChI=1S/C27H28FN5O/c28-25-23(17-3-6-20(7-4-17)33-13-12-32-11-1-2-21(32)16-33)15-24(26(29)31-25)18-5-8-22-19(14-18)9-10-30-27(22)34/h3-8,14-15,21H,1-2,9-13,16H2,(H2,29,31)(H,30,34). The number of anilines is 2. The summed E-state index contributed by atoms with van der Waals surface area (Å²) in [6.07, 6.45) is 3.32. The molecule has 2 saturated heterocycles. The summed E-state index contributed by atoms with van der Waals surface area (Å²) in [5, 5.41) is 2.85. The summed E-state index contributed by atoms with van der Waals surface area (Å²) in [7, 11) is 0. The number of nitrogens with one attached hydrogen (secondary N) is 1. The van der Waals surface area contributed by atoms with Crippen LogP contribution in [0.4, 0.5) is 15.9 Å². The zero-order valence-electron chi connectivity index (χ0n) is 19.1. The summed E-state index contributed by atoms with van der Waals surface area (Å²) in [6, 6.07) is 16.1. The van der Waals surface area contributed by atoms with Crippen LogP contribution in [0, 0.1) is 5.95 Å². The molecule has 2 aromatic carbocycles. The van der Waals surface area contributed by atoms with Gasteiger partial charge in [0.05, 0.1) is 0 Å². The number of carbonyl (C=O) groups excluding carboxylic acids is 1. The molecule has 6 rings (SSSR count). The topological polar surface area (TPSA) is 74.5 Å². The van der Waals surface area contributed by atoms with Gasteiger partial charge < -0.3 is 16.0 Å². The van der Waals surface area contributed by atoms with Crippen LogP contribution in [-0.4, -0.2) is 54.6 Å². The van der Waals surface area contributed by atoms with Gasteiger partial charge in [0.25, 0.3) is 5.91 Å². The fraction of sp³-hybridized carbons (Fsp3) is 0.333. The summed E-state index contributed by atoms with van der Waals surface area (Å²) in [6.45, 7) is 5.01. The molecule has 0 saturated carbocycles. The third-order valence-electron chi connectivity index (χ3n) is 7.48. The minimum absolute atomic E-state index is 0.0619. The molecular formula is C27H28FN5O. The van der Waals surface area contributed by atoms with Gasteiger partial charge in [-0.1, -0.05) is 24.3 Å². The van der Waals surface area contributed by atoms with Crippen LogP contribution in [0.5, 0.6) is 0 Å². The molecule has 3 aliphatic rings. The lowest BCUT2D eigenvalue weighted by atomic mass is 9.94. The van der Waals surface area contributed by atoms with Crippen molar-refractivity contribution in [3.05, 3.63) is 65.6 Å². The van der Waals surface area contributed by atoms with Crippen LogP contribution in [0.15, 0.2) is 48.5 Å². The van der Waals surface area contributed by atoms with Gasteiger partial charge in [0.1, 0.15) is 5.82 Å². The Bertz CT molecular complexity index is 1260. The zero-order valence-corrected chi connectivity index (χ0v) is 19.1. The summed E-state index contributed by atoms with van der Waals surface area (Å²) < 4.78 is 14.9. The minimum atomic E-state index is -0.578. The maximum absolute atomic E-state index is 14.9. The highest BCUT2D eigenvalue weighted by atomic mass is 19.1. The van der Waals surface area contributed by atoms with Gasteiger partial charge in [-0.3, -0.25) is 9.69 Å². The van der Waals surface area contributed by atoms with Crippen molar-refractivity contribution in [2.45, 2.75) is 25.3 Å². The predicted molar refractivity (Wildman–Crippen MR) is 132 cm³/mol. The van der Waals surface area contributed by atoms with E-state index >= 15 is 0 Å². The van der Waals surface area contributed by atoms with Crippen molar-refractivity contribution < 1.29 is 9.18 Å². The molecule has 0 bridgehead atoms. The molecule has 7 heteroatoms. The molecule has 0 spiro atoms. The number of hydrogen-bond acceptors (Lipinski definition) is 5. The van der Waals surface area contributed by atoms with Gasteiger partial charge in [-0.25, -0.2) is 4.98 Å². The Hall–Kier alpha value is -3.45. The molecule has 0 aliphatic carbocycles. The first-order valence-electron chi connectivity index (χ1n) is 12.0. The van der Waals surface area contributed by atoms with Crippen LogP contribution in [0.1, 0.15) is 28.8 Å². The number of hydrogen-bond donors (Lipinski definition) is 2. The molecule has 174 valence electrons. The fourth-order valence-electron chi connectivity index (χ4n) is 5.61. The number of halogens is 1. The highest BCUT2D eigenvalue weighted by Gasteiger charge is 2.30. The van der Waals surface area contributed by atoms with E-state index in [1.165, 1.54) is 25.1 Å². The molecule has 4 heterocycles. The molecule has 3 aromatic rings. The van der Waals surface area contributed by atoms with Crippen molar-refractivity contribution in [2.24, 2.45) is 0 Å². The normalized spacial score (nSPS) is 20.1. The van der Waals surface area contributed by atoms with Gasteiger partial charge in [0.2, 0.25) is 5.95 Å². The molecule has 6 nitrogen and oxygen atoms in total. The number of fused-ring (bicyclic) bond motifs is 2. The molecular weight excluding hydrogens is 429 g/mol. The number of piperazine rings is 1. The van der Waals surface area contributed by atoms with Gasteiger partial charge in [-0.15, -0.1) is 0 Å². The molecule has 0 radical (unpaired) electrons. The maximum Gasteiger partial charge on any atom is 0.251 e. The summed E-state index contributed by atoms with van der Waals surface area (Å²) in [5.74, 6) is -0.494. The zero-order chi connectivity index (χ0) is 23.2. The molecule has 1 atom stereocenters. The Balaban J connectivity index is 1.30. The van der Waals surface area contributed by atoms with Gasteiger partial charge >= 0.3 is 0 Å². The van der Waals surface area contributed by atoms with Crippen molar-refractivity contribution in [1.29, 1.82) is 0 Å². The molecule has 1 unspecified atom stereocenters. The second kappa shape index (κ2) is 8.40. The lowest BCUT2D eigenvalue weighted by Gasteiger charge is -2.38. The van der Waals surface area contributed by atoms with E-state index in [2.05, 4.69) is 32.2 Å². The summed E-state index contributed by atoms with van der Waals surface area (Å²) in [4.78, 5) is 21.1. The van der Waals surface area contributed by atoms with Crippen molar-refractivity contribution in [3.8, 4) is 22.3 Å². The van der Waals surface area contributed by atoms with Crippen LogP contribution in [0.2, 0.25) is 0 Å². The van der Waals surface area contributed by atoms with E-state index in [1.54, 1.807) is 12.1 Å². The molecule has 1 aromatic heterocycles. The van der Waals surface area contributed by atoms with E-state index in [0.717, 1.165) is 42.7 Å². The smallest absolute Gasteiger partial charge is 0.251 e. The van der Waals surface area contributed by atoms with E-state index in [9.17, 15) is 9.18 Å². The van der Waals surface area contributed by atoms with Crippen molar-refractivity contribution in [2.75, 3.05) is 43.4 Å². The van der Waals surface area contributed by atoms with Gasteiger partial charge in [0, 0.05) is 54.6 Å². The third kappa shape index (κ3) is 3.70. The highest BCUT2D eigenvalue weighted by Crippen LogP contribution is 2.34. The SMILES string of the molecule is Nc1nc(F)c(-c2ccc(N3CCN4CCCC4C3)cc2)cc1-c1ccc2c(c1)CCNC2=O. The lowest BCUT2D eigenvalue weighted by Crippen LogP contribution is -2.50. The molecule has 2 fully saturated rings. The van der Waals surface area contributed by atoms with Gasteiger partial charge in [0.15, 0.2) is 0 Å². The number of nitrogens with two attached hydrogens (primary N) is 1. The monoisotopic (exact) mass is 457 g/mol. The average Bonchev–Trinajstić information content (AvgIpc) is 3.32. The Kier molecular flexibility index (Phi) is 5.21. The second-order valence-electron chi connectivity index (χ2n) is 9.46. The van der Waals surface area contributed by atoms with E-state index in [1.807, 2.05) is 24.3 Å². The van der Waals surface area contributed by atoms with E-state index in [4.69, 9.17) is 5.73 Å². The second-order valence-corrected chi connectivity index (χ2v) is 9.46. The summed E-state index contributed by atoms with van der Waals surface area (Å²) >= 11 is 0. The average molecular weight is 458 g/mol. The Labute approximate surface area is 198 Å². The van der Waals surface area contributed by atoms with Gasteiger partial charge in [-0.2, -0.15) is 4.39 Å². The van der Waals surface area contributed by atoms with Crippen LogP contribution in [0.25, 0.3) is 22.3 Å². The van der Waals surface area contributed by atoms with Crippen LogP contribution < -0.4 is 16.0 Å². The number of benzene rings is 2. The molecule has 3 aliphatic heterocycles. The number of aromatic nitrogens is 1. The fourth-order valence-corrected chi connectivity index (χ4v) is 5.61. The first-order valence-corrected chi connectivity index (χ1v) is 12.0. The number of amides is 1. The van der Waals surface area contributed by atoms with Crippen LogP contribution in [-0.2, 0) is 6.42 Å². The van der Waals surface area contributed by atoms with Crippen molar-refractivity contribution >= 4 is 17.4 Å². The number of rotatable bonds is 3. The Morgan fingerprint density at radius 1 is 0.971 bits per heavy atom. The van der Waals surface area contributed by atoms with E-state index in [-0.39, 0.29) is 11.7 Å². The molecule has 1 amide bonds. The number of nitrogen functional groups attached to an aromatic ring is 1. The first kappa shape index (κ1) is 21.1. The van der Waals surface area contributed by atoms with Crippen LogP contribution >= 0.6 is 0 Å². The maximum atomic E-state index is 14.9. The third-order valence-corrected chi connectivity index (χ3v) is 7.48. The number of carbonyl (C=O) groups is 1. The largest absolute Gasteiger partial charge is 0.383 e. The number of nitrogens with zero attached hydrogens (tertiary/aromatic N) is 3. The van der Waals surface area contributed by atoms with Crippen molar-refractivity contribution in [3.63, 3.8) is 0 Å². The molecule has 34 heavy (non-hydrogen) atoms. The minimum Gasteiger partial charge on any atom is -0.383 e. The van der Waals surface area contributed by atoms with Crippen LogP contribution in [0.3, 0.4) is 0 Å². The van der Waals surface area contributed by atoms with Gasteiger partial charge in [-0.05, 0) is 66.8 Å². The van der Waals surface area contributed by atoms with E-state index < -0.39 is 5.95 Å². The quantitative estimate of drug-likeness (QED) is 0.587. The predicted octanol–water partition coefficient (Wildman–Crippen LogP) is 3.71. The number of pyridine rings is 1. The van der Waals surface area contributed by atoms with E-state index in [0.29, 0.717) is 29.3 Å². The Morgan fingerprint density at radius 2 is 1.79 bits per heavy atom. The Morgan fingerprint density at radius 3 is 2.65 bits per heavy atom. The highest BCUT2D eigenvalue weighted by molar-refractivity contribution is 5.97. The first-order chi connectivity index (χ1) is 16.6.